The Labute approximate surface area is 246 Å². The van der Waals surface area contributed by atoms with E-state index in [1.165, 1.54) is 0 Å². The Bertz CT molecular complexity index is 1350. The van der Waals surface area contributed by atoms with Crippen LogP contribution in [0.3, 0.4) is 0 Å². The Hall–Kier alpha value is -4.18. The predicted octanol–water partition coefficient (Wildman–Crippen LogP) is 4.86. The van der Waals surface area contributed by atoms with Gasteiger partial charge in [-0.25, -0.2) is 4.99 Å². The second-order valence-corrected chi connectivity index (χ2v) is 9.01. The van der Waals surface area contributed by atoms with Gasteiger partial charge in [0, 0.05) is 13.6 Å². The van der Waals surface area contributed by atoms with E-state index < -0.39 is 12.0 Å². The first-order chi connectivity index (χ1) is 18.4. The van der Waals surface area contributed by atoms with Gasteiger partial charge in [-0.2, -0.15) is 0 Å². The number of carbonyl (C=O) groups is 2. The second kappa shape index (κ2) is 14.1. The molecule has 0 aliphatic rings. The molecular formula is C31H32IN5O2. The predicted molar refractivity (Wildman–Crippen MR) is 166 cm³/mol. The number of benzene rings is 4. The number of nitrogens with one attached hydrogen (secondary N) is 1. The zero-order chi connectivity index (χ0) is 26.9. The standard InChI is InChI=1S/C31H31N5O2.HI/c1-36(21-22-12-5-2-6-13-22)30(38)28(25-18-11-19-26(20-25)34-31(32)33)35-29(37)27(23-14-7-3-8-15-23)24-16-9-4-10-17-24;/h2-20,27-28H,21H2,1H3,(H,35,37)(H4,32,33,34);1H/t28-;/m1./s1. The van der Waals surface area contributed by atoms with Gasteiger partial charge in [0.25, 0.3) is 0 Å². The summed E-state index contributed by atoms with van der Waals surface area (Å²) in [5.41, 5.74) is 14.9. The molecule has 0 saturated heterocycles. The summed E-state index contributed by atoms with van der Waals surface area (Å²) in [6.07, 6.45) is 0. The third-order valence-corrected chi connectivity index (χ3v) is 6.16. The number of nitrogens with zero attached hydrogens (tertiary/aromatic N) is 2. The van der Waals surface area contributed by atoms with E-state index in [9.17, 15) is 9.59 Å². The third-order valence-electron chi connectivity index (χ3n) is 6.16. The van der Waals surface area contributed by atoms with Gasteiger partial charge in [0.1, 0.15) is 6.04 Å². The number of carbonyl (C=O) groups excluding carboxylic acids is 2. The highest BCUT2D eigenvalue weighted by Gasteiger charge is 2.30. The van der Waals surface area contributed by atoms with Crippen molar-refractivity contribution >= 4 is 47.4 Å². The summed E-state index contributed by atoms with van der Waals surface area (Å²) in [5.74, 6) is -1.25. The summed E-state index contributed by atoms with van der Waals surface area (Å²) in [6, 6.07) is 34.8. The van der Waals surface area contributed by atoms with Gasteiger partial charge in [-0.05, 0) is 34.4 Å². The van der Waals surface area contributed by atoms with Crippen LogP contribution in [-0.4, -0.2) is 29.7 Å². The summed E-state index contributed by atoms with van der Waals surface area (Å²) in [5, 5.41) is 3.04. The van der Waals surface area contributed by atoms with Gasteiger partial charge in [0.2, 0.25) is 11.8 Å². The van der Waals surface area contributed by atoms with Crippen molar-refractivity contribution in [3.05, 3.63) is 138 Å². The lowest BCUT2D eigenvalue weighted by Crippen LogP contribution is -2.42. The molecule has 4 aromatic rings. The van der Waals surface area contributed by atoms with Crippen molar-refractivity contribution in [1.82, 2.24) is 10.2 Å². The van der Waals surface area contributed by atoms with Crippen molar-refractivity contribution in [3.63, 3.8) is 0 Å². The Morgan fingerprint density at radius 2 is 1.28 bits per heavy atom. The second-order valence-electron chi connectivity index (χ2n) is 9.01. The van der Waals surface area contributed by atoms with Crippen LogP contribution in [0.4, 0.5) is 5.69 Å². The number of nitrogens with two attached hydrogens (primary N) is 2. The van der Waals surface area contributed by atoms with Crippen LogP contribution < -0.4 is 16.8 Å². The lowest BCUT2D eigenvalue weighted by molar-refractivity contribution is -0.136. The maximum absolute atomic E-state index is 13.9. The molecule has 5 N–H and O–H groups in total. The average Bonchev–Trinajstić information content (AvgIpc) is 2.93. The van der Waals surface area contributed by atoms with Crippen molar-refractivity contribution in [1.29, 1.82) is 0 Å². The van der Waals surface area contributed by atoms with Crippen LogP contribution in [0, 0.1) is 0 Å². The molecule has 0 saturated carbocycles. The van der Waals surface area contributed by atoms with Crippen molar-refractivity contribution < 1.29 is 9.59 Å². The van der Waals surface area contributed by atoms with Gasteiger partial charge in [0.15, 0.2) is 5.96 Å². The Kier molecular flexibility index (Phi) is 10.6. The molecule has 0 bridgehead atoms. The molecule has 0 spiro atoms. The molecule has 39 heavy (non-hydrogen) atoms. The fourth-order valence-corrected chi connectivity index (χ4v) is 4.38. The molecule has 1 atom stereocenters. The lowest BCUT2D eigenvalue weighted by atomic mass is 9.90. The molecule has 0 aromatic heterocycles. The molecule has 7 nitrogen and oxygen atoms in total. The van der Waals surface area contributed by atoms with Crippen LogP contribution in [0.5, 0.6) is 0 Å². The van der Waals surface area contributed by atoms with E-state index in [0.717, 1.165) is 16.7 Å². The van der Waals surface area contributed by atoms with Crippen LogP contribution in [0.2, 0.25) is 0 Å². The molecule has 0 aliphatic heterocycles. The quantitative estimate of drug-likeness (QED) is 0.139. The number of halogens is 1. The molecule has 4 rings (SSSR count). The normalized spacial score (nSPS) is 11.1. The topological polar surface area (TPSA) is 114 Å². The average molecular weight is 634 g/mol. The van der Waals surface area contributed by atoms with E-state index in [0.29, 0.717) is 17.8 Å². The molecule has 0 unspecified atom stereocenters. The number of rotatable bonds is 9. The SMILES string of the molecule is CN(Cc1ccccc1)C(=O)[C@H](NC(=O)C(c1ccccc1)c1ccccc1)c1cccc(N=C(N)N)c1.I. The fraction of sp³-hybridized carbons (Fsp3) is 0.129. The van der Waals surface area contributed by atoms with Gasteiger partial charge in [-0.15, -0.1) is 24.0 Å². The van der Waals surface area contributed by atoms with Crippen molar-refractivity contribution in [2.24, 2.45) is 16.5 Å². The smallest absolute Gasteiger partial charge is 0.249 e. The summed E-state index contributed by atoms with van der Waals surface area (Å²) in [4.78, 5) is 33.5. The number of hydrogen-bond donors (Lipinski definition) is 3. The lowest BCUT2D eigenvalue weighted by Gasteiger charge is -2.27. The number of aliphatic imine (C=N–C) groups is 1. The van der Waals surface area contributed by atoms with Crippen LogP contribution in [0.15, 0.2) is 120 Å². The van der Waals surface area contributed by atoms with Gasteiger partial charge in [-0.1, -0.05) is 103 Å². The molecular weight excluding hydrogens is 601 g/mol. The molecule has 0 heterocycles. The van der Waals surface area contributed by atoms with E-state index in [-0.39, 0.29) is 41.8 Å². The van der Waals surface area contributed by atoms with Crippen LogP contribution >= 0.6 is 24.0 Å². The van der Waals surface area contributed by atoms with E-state index in [1.807, 2.05) is 91.0 Å². The van der Waals surface area contributed by atoms with Crippen molar-refractivity contribution in [2.75, 3.05) is 7.05 Å². The fourth-order valence-electron chi connectivity index (χ4n) is 4.38. The first-order valence-electron chi connectivity index (χ1n) is 12.3. The van der Waals surface area contributed by atoms with Gasteiger partial charge in [0.05, 0.1) is 11.6 Å². The first kappa shape index (κ1) is 29.4. The Morgan fingerprint density at radius 1 is 0.769 bits per heavy atom. The summed E-state index contributed by atoms with van der Waals surface area (Å²) in [7, 11) is 1.72. The molecule has 2 amide bonds. The largest absolute Gasteiger partial charge is 0.370 e. The first-order valence-corrected chi connectivity index (χ1v) is 12.3. The summed E-state index contributed by atoms with van der Waals surface area (Å²) in [6.45, 7) is 0.389. The monoisotopic (exact) mass is 633 g/mol. The number of likely N-dealkylation sites (N-methyl/N-ethyl adjacent to an activating group) is 1. The van der Waals surface area contributed by atoms with E-state index in [1.54, 1.807) is 36.2 Å². The molecule has 200 valence electrons. The van der Waals surface area contributed by atoms with E-state index >= 15 is 0 Å². The Morgan fingerprint density at radius 3 is 1.82 bits per heavy atom. The van der Waals surface area contributed by atoms with Crippen LogP contribution in [-0.2, 0) is 16.1 Å². The van der Waals surface area contributed by atoms with E-state index in [2.05, 4.69) is 10.3 Å². The molecule has 8 heteroatoms. The highest BCUT2D eigenvalue weighted by molar-refractivity contribution is 14.0. The third kappa shape index (κ3) is 7.90. The van der Waals surface area contributed by atoms with Gasteiger partial charge < -0.3 is 21.7 Å². The maximum atomic E-state index is 13.9. The summed E-state index contributed by atoms with van der Waals surface area (Å²) < 4.78 is 0. The van der Waals surface area contributed by atoms with Crippen LogP contribution in [0.25, 0.3) is 0 Å². The summed E-state index contributed by atoms with van der Waals surface area (Å²) >= 11 is 0. The minimum absolute atomic E-state index is 0. The molecule has 0 fully saturated rings. The zero-order valence-electron chi connectivity index (χ0n) is 21.6. The Balaban J connectivity index is 0.00000420. The minimum Gasteiger partial charge on any atom is -0.370 e. The van der Waals surface area contributed by atoms with Gasteiger partial charge >= 0.3 is 0 Å². The zero-order valence-corrected chi connectivity index (χ0v) is 23.9. The number of amides is 2. The minimum atomic E-state index is -0.958. The van der Waals surface area contributed by atoms with Crippen molar-refractivity contribution in [2.45, 2.75) is 18.5 Å². The molecule has 4 aromatic carbocycles. The maximum Gasteiger partial charge on any atom is 0.249 e. The number of hydrogen-bond acceptors (Lipinski definition) is 3. The van der Waals surface area contributed by atoms with E-state index in [4.69, 9.17) is 11.5 Å². The van der Waals surface area contributed by atoms with Crippen LogP contribution in [0.1, 0.15) is 34.2 Å². The highest BCUT2D eigenvalue weighted by atomic mass is 127. The molecule has 0 aliphatic carbocycles. The molecule has 0 radical (unpaired) electrons. The number of guanidine groups is 1. The van der Waals surface area contributed by atoms with Gasteiger partial charge in [-0.3, -0.25) is 9.59 Å². The van der Waals surface area contributed by atoms with Crippen molar-refractivity contribution in [3.8, 4) is 0 Å². The highest BCUT2D eigenvalue weighted by Crippen LogP contribution is 2.28.